The third-order valence-corrected chi connectivity index (χ3v) is 3.81. The maximum Gasteiger partial charge on any atom is 0.226 e. The Kier molecular flexibility index (Phi) is 3.71. The van der Waals surface area contributed by atoms with Crippen LogP contribution in [0.1, 0.15) is 45.6 Å². The first kappa shape index (κ1) is 13.1. The molecule has 100 valence electrons. The number of hydrogen-bond acceptors (Lipinski definition) is 3. The molecule has 2 rings (SSSR count). The Labute approximate surface area is 108 Å². The lowest BCUT2D eigenvalue weighted by molar-refractivity contribution is -0.119. The maximum atomic E-state index is 12.0. The zero-order valence-electron chi connectivity index (χ0n) is 11.1. The number of carbonyl (C=O) groups excluding carboxylic acids is 1. The van der Waals surface area contributed by atoms with Gasteiger partial charge in [0, 0.05) is 18.5 Å². The Balaban J connectivity index is 1.97. The van der Waals surface area contributed by atoms with Gasteiger partial charge in [0.2, 0.25) is 5.91 Å². The molecule has 5 nitrogen and oxygen atoms in total. The van der Waals surface area contributed by atoms with Gasteiger partial charge in [-0.15, -0.1) is 0 Å². The highest BCUT2D eigenvalue weighted by atomic mass is 16.1. The number of carbonyl (C=O) groups is 1. The van der Waals surface area contributed by atoms with Gasteiger partial charge < -0.3 is 11.1 Å². The van der Waals surface area contributed by atoms with E-state index in [1.807, 2.05) is 24.6 Å². The van der Waals surface area contributed by atoms with E-state index in [9.17, 15) is 4.79 Å². The molecule has 0 unspecified atom stereocenters. The lowest BCUT2D eigenvalue weighted by Gasteiger charge is -2.40. The van der Waals surface area contributed by atoms with Crippen LogP contribution in [0.2, 0.25) is 0 Å². The summed E-state index contributed by atoms with van der Waals surface area (Å²) in [5.41, 5.74) is 5.82. The summed E-state index contributed by atoms with van der Waals surface area (Å²) in [7, 11) is 0. The van der Waals surface area contributed by atoms with Crippen molar-refractivity contribution in [2.45, 2.75) is 45.6 Å². The number of amides is 1. The van der Waals surface area contributed by atoms with Crippen LogP contribution in [0.5, 0.6) is 0 Å². The summed E-state index contributed by atoms with van der Waals surface area (Å²) in [6.07, 6.45) is 5.56. The van der Waals surface area contributed by atoms with Gasteiger partial charge in [0.05, 0.1) is 6.20 Å². The lowest BCUT2D eigenvalue weighted by Crippen LogP contribution is -2.40. The van der Waals surface area contributed by atoms with E-state index in [0.717, 1.165) is 18.7 Å². The zero-order valence-corrected chi connectivity index (χ0v) is 11.1. The molecule has 0 bridgehead atoms. The van der Waals surface area contributed by atoms with Crippen molar-refractivity contribution in [1.29, 1.82) is 0 Å². The smallest absolute Gasteiger partial charge is 0.226 e. The number of nitrogens with zero attached hydrogens (tertiary/aromatic N) is 2. The highest BCUT2D eigenvalue weighted by molar-refractivity contribution is 5.90. The second-order valence-electron chi connectivity index (χ2n) is 5.54. The zero-order chi connectivity index (χ0) is 13.2. The monoisotopic (exact) mass is 250 g/mol. The van der Waals surface area contributed by atoms with Crippen molar-refractivity contribution in [3.63, 3.8) is 0 Å². The number of aromatic nitrogens is 2. The van der Waals surface area contributed by atoms with Gasteiger partial charge in [0.1, 0.15) is 5.82 Å². The van der Waals surface area contributed by atoms with Gasteiger partial charge in [0.15, 0.2) is 0 Å². The number of hydrogen-bond donors (Lipinski definition) is 2. The minimum Gasteiger partial charge on any atom is -0.330 e. The summed E-state index contributed by atoms with van der Waals surface area (Å²) in [4.78, 5) is 12.0. The molecule has 1 amide bonds. The van der Waals surface area contributed by atoms with Crippen molar-refractivity contribution in [1.82, 2.24) is 9.78 Å². The molecule has 0 radical (unpaired) electrons. The van der Waals surface area contributed by atoms with Crippen LogP contribution in [0.25, 0.3) is 0 Å². The first-order valence-corrected chi connectivity index (χ1v) is 6.60. The predicted octanol–water partition coefficient (Wildman–Crippen LogP) is 1.92. The predicted molar refractivity (Wildman–Crippen MR) is 71.2 cm³/mol. The van der Waals surface area contributed by atoms with Gasteiger partial charge in [-0.25, -0.2) is 4.68 Å². The van der Waals surface area contributed by atoms with E-state index in [4.69, 9.17) is 5.73 Å². The van der Waals surface area contributed by atoms with E-state index in [2.05, 4.69) is 10.4 Å². The summed E-state index contributed by atoms with van der Waals surface area (Å²) in [6.45, 7) is 4.68. The van der Waals surface area contributed by atoms with E-state index < -0.39 is 0 Å². The highest BCUT2D eigenvalue weighted by Crippen LogP contribution is 2.43. The van der Waals surface area contributed by atoms with Crippen molar-refractivity contribution < 1.29 is 4.79 Å². The van der Waals surface area contributed by atoms with Crippen molar-refractivity contribution in [3.8, 4) is 0 Å². The Bertz CT molecular complexity index is 415. The first-order valence-electron chi connectivity index (χ1n) is 6.60. The molecule has 1 aliphatic rings. The second kappa shape index (κ2) is 5.10. The second-order valence-corrected chi connectivity index (χ2v) is 5.54. The molecule has 1 heterocycles. The molecular formula is C13H22N4O. The average molecular weight is 250 g/mol. The molecular weight excluding hydrogens is 228 g/mol. The summed E-state index contributed by atoms with van der Waals surface area (Å²) in [5, 5.41) is 7.13. The van der Waals surface area contributed by atoms with Gasteiger partial charge in [-0.2, -0.15) is 5.10 Å². The van der Waals surface area contributed by atoms with Crippen LogP contribution in [-0.4, -0.2) is 22.2 Å². The Hall–Kier alpha value is -1.36. The molecule has 1 fully saturated rings. The minimum absolute atomic E-state index is 0.0440. The number of nitrogens with two attached hydrogens (primary N) is 1. The Morgan fingerprint density at radius 3 is 2.83 bits per heavy atom. The van der Waals surface area contributed by atoms with E-state index in [1.165, 1.54) is 6.42 Å². The minimum atomic E-state index is 0.0440. The van der Waals surface area contributed by atoms with Crippen LogP contribution < -0.4 is 11.1 Å². The molecule has 3 N–H and O–H groups in total. The van der Waals surface area contributed by atoms with E-state index in [0.29, 0.717) is 13.0 Å². The summed E-state index contributed by atoms with van der Waals surface area (Å²) in [5.74, 6) is 0.809. The van der Waals surface area contributed by atoms with E-state index in [1.54, 1.807) is 6.20 Å². The highest BCUT2D eigenvalue weighted by Gasteiger charge is 2.37. The summed E-state index contributed by atoms with van der Waals surface area (Å²) < 4.78 is 1.81. The van der Waals surface area contributed by atoms with Crippen molar-refractivity contribution >= 4 is 11.7 Å². The van der Waals surface area contributed by atoms with E-state index in [-0.39, 0.29) is 17.4 Å². The number of rotatable bonds is 5. The average Bonchev–Trinajstić information content (AvgIpc) is 2.71. The molecule has 0 aromatic carbocycles. The molecule has 0 atom stereocenters. The Morgan fingerprint density at radius 2 is 2.33 bits per heavy atom. The SMILES string of the molecule is CC(C)n1nccc1NC(=O)CC1(CN)CCC1. The molecule has 1 saturated carbocycles. The third kappa shape index (κ3) is 2.56. The molecule has 18 heavy (non-hydrogen) atoms. The van der Waals surface area contributed by atoms with Crippen molar-refractivity contribution in [2.24, 2.45) is 11.1 Å². The molecule has 1 aromatic rings. The standard InChI is InChI=1S/C13H22N4O/c1-10(2)17-11(4-7-15-17)16-12(18)8-13(9-14)5-3-6-13/h4,7,10H,3,5-6,8-9,14H2,1-2H3,(H,16,18). The first-order chi connectivity index (χ1) is 8.56. The lowest BCUT2D eigenvalue weighted by atomic mass is 9.66. The van der Waals surface area contributed by atoms with Crippen LogP contribution >= 0.6 is 0 Å². The van der Waals surface area contributed by atoms with E-state index >= 15 is 0 Å². The van der Waals surface area contributed by atoms with Gasteiger partial charge in [-0.3, -0.25) is 4.79 Å². The quantitative estimate of drug-likeness (QED) is 0.838. The van der Waals surface area contributed by atoms with Gasteiger partial charge in [0.25, 0.3) is 0 Å². The molecule has 1 aliphatic carbocycles. The third-order valence-electron chi connectivity index (χ3n) is 3.81. The number of nitrogens with one attached hydrogen (secondary N) is 1. The molecule has 0 spiro atoms. The van der Waals surface area contributed by atoms with Crippen LogP contribution in [0.15, 0.2) is 12.3 Å². The fourth-order valence-electron chi connectivity index (χ4n) is 2.48. The van der Waals surface area contributed by atoms with Gasteiger partial charge in [-0.1, -0.05) is 6.42 Å². The fraction of sp³-hybridized carbons (Fsp3) is 0.692. The molecule has 0 aliphatic heterocycles. The van der Waals surface area contributed by atoms with Crippen LogP contribution in [-0.2, 0) is 4.79 Å². The van der Waals surface area contributed by atoms with Crippen LogP contribution in [0.4, 0.5) is 5.82 Å². The Morgan fingerprint density at radius 1 is 1.61 bits per heavy atom. The fourth-order valence-corrected chi connectivity index (χ4v) is 2.48. The summed E-state index contributed by atoms with van der Waals surface area (Å²) in [6, 6.07) is 2.07. The topological polar surface area (TPSA) is 72.9 Å². The van der Waals surface area contributed by atoms with Gasteiger partial charge >= 0.3 is 0 Å². The van der Waals surface area contributed by atoms with Crippen LogP contribution in [0.3, 0.4) is 0 Å². The normalized spacial score (nSPS) is 17.6. The largest absolute Gasteiger partial charge is 0.330 e. The summed E-state index contributed by atoms with van der Waals surface area (Å²) >= 11 is 0. The molecule has 1 aromatic heterocycles. The molecule has 0 saturated heterocycles. The van der Waals surface area contributed by atoms with Crippen LogP contribution in [0, 0.1) is 5.41 Å². The maximum absolute atomic E-state index is 12.0. The van der Waals surface area contributed by atoms with Crippen molar-refractivity contribution in [2.75, 3.05) is 11.9 Å². The molecule has 5 heteroatoms. The number of anilines is 1. The van der Waals surface area contributed by atoms with Gasteiger partial charge in [-0.05, 0) is 38.6 Å². The van der Waals surface area contributed by atoms with Crippen molar-refractivity contribution in [3.05, 3.63) is 12.3 Å².